The molecule has 0 radical (unpaired) electrons. The normalized spacial score (nSPS) is 20.6. The molecule has 0 aromatic heterocycles. The maximum absolute atomic E-state index is 12.5. The zero-order valence-corrected chi connectivity index (χ0v) is 12.0. The van der Waals surface area contributed by atoms with E-state index in [0.29, 0.717) is 29.6 Å². The molecule has 19 heavy (non-hydrogen) atoms. The number of nitrogens with two attached hydrogens (primary N) is 1. The minimum Gasteiger partial charge on any atom is -0.324 e. The second-order valence-corrected chi connectivity index (χ2v) is 6.91. The van der Waals surface area contributed by atoms with Crippen LogP contribution in [0.5, 0.6) is 0 Å². The fourth-order valence-corrected chi connectivity index (χ4v) is 4.06. The third kappa shape index (κ3) is 3.08. The van der Waals surface area contributed by atoms with Crippen LogP contribution in [0.4, 0.5) is 5.69 Å². The van der Waals surface area contributed by atoms with Gasteiger partial charge in [0.1, 0.15) is 0 Å². The second kappa shape index (κ2) is 5.90. The molecule has 0 saturated carbocycles. The molecule has 0 bridgehead atoms. The van der Waals surface area contributed by atoms with E-state index in [4.69, 9.17) is 5.84 Å². The summed E-state index contributed by atoms with van der Waals surface area (Å²) in [6.07, 6.45) is 3.17. The number of hydrazine groups is 1. The average Bonchev–Trinajstić information content (AvgIpc) is 2.89. The van der Waals surface area contributed by atoms with Crippen LogP contribution in [-0.4, -0.2) is 25.8 Å². The van der Waals surface area contributed by atoms with Gasteiger partial charge in [-0.05, 0) is 43.0 Å². The van der Waals surface area contributed by atoms with E-state index in [0.717, 1.165) is 19.3 Å². The molecule has 5 nitrogen and oxygen atoms in total. The first-order valence-corrected chi connectivity index (χ1v) is 8.08. The fourth-order valence-electron chi connectivity index (χ4n) is 2.53. The highest BCUT2D eigenvalue weighted by Crippen LogP contribution is 2.27. The lowest BCUT2D eigenvalue weighted by atomic mass is 10.0. The number of nitrogen functional groups attached to an aromatic ring is 1. The van der Waals surface area contributed by atoms with Crippen molar-refractivity contribution in [1.29, 1.82) is 0 Å². The van der Waals surface area contributed by atoms with Gasteiger partial charge in [-0.1, -0.05) is 13.3 Å². The maximum Gasteiger partial charge on any atom is 0.243 e. The van der Waals surface area contributed by atoms with E-state index < -0.39 is 10.0 Å². The molecule has 0 amide bonds. The number of hydrogen-bond acceptors (Lipinski definition) is 4. The first-order valence-electron chi connectivity index (χ1n) is 6.64. The molecule has 6 heteroatoms. The van der Waals surface area contributed by atoms with Crippen molar-refractivity contribution in [2.24, 2.45) is 11.8 Å². The van der Waals surface area contributed by atoms with Crippen molar-refractivity contribution in [2.75, 3.05) is 18.5 Å². The van der Waals surface area contributed by atoms with Crippen molar-refractivity contribution in [3.05, 3.63) is 24.3 Å². The second-order valence-electron chi connectivity index (χ2n) is 4.98. The molecule has 1 heterocycles. The number of rotatable bonds is 5. The van der Waals surface area contributed by atoms with E-state index in [-0.39, 0.29) is 0 Å². The molecule has 0 spiro atoms. The Morgan fingerprint density at radius 1 is 1.37 bits per heavy atom. The van der Waals surface area contributed by atoms with Crippen LogP contribution in [-0.2, 0) is 10.0 Å². The minimum atomic E-state index is -3.35. The van der Waals surface area contributed by atoms with E-state index in [1.165, 1.54) is 0 Å². The van der Waals surface area contributed by atoms with Crippen molar-refractivity contribution < 1.29 is 8.42 Å². The van der Waals surface area contributed by atoms with Crippen molar-refractivity contribution in [3.63, 3.8) is 0 Å². The van der Waals surface area contributed by atoms with Crippen molar-refractivity contribution >= 4 is 15.7 Å². The molecular formula is C13H21N3O2S. The van der Waals surface area contributed by atoms with Crippen molar-refractivity contribution in [3.8, 4) is 0 Å². The molecule has 1 aromatic carbocycles. The highest BCUT2D eigenvalue weighted by Gasteiger charge is 2.31. The van der Waals surface area contributed by atoms with Crippen molar-refractivity contribution in [1.82, 2.24) is 4.31 Å². The molecular weight excluding hydrogens is 262 g/mol. The van der Waals surface area contributed by atoms with Crippen molar-refractivity contribution in [2.45, 2.75) is 31.1 Å². The van der Waals surface area contributed by atoms with Crippen LogP contribution in [0.3, 0.4) is 0 Å². The molecule has 1 aliphatic rings. The Labute approximate surface area is 114 Å². The molecule has 1 unspecified atom stereocenters. The van der Waals surface area contributed by atoms with Crippen LogP contribution in [0.2, 0.25) is 0 Å². The highest BCUT2D eigenvalue weighted by atomic mass is 32.2. The Balaban J connectivity index is 2.13. The number of anilines is 1. The lowest BCUT2D eigenvalue weighted by Crippen LogP contribution is -2.28. The van der Waals surface area contributed by atoms with Gasteiger partial charge >= 0.3 is 0 Å². The molecule has 2 rings (SSSR count). The summed E-state index contributed by atoms with van der Waals surface area (Å²) in [5.41, 5.74) is 3.19. The summed E-state index contributed by atoms with van der Waals surface area (Å²) in [5.74, 6) is 5.78. The largest absolute Gasteiger partial charge is 0.324 e. The van der Waals surface area contributed by atoms with Gasteiger partial charge in [-0.25, -0.2) is 8.42 Å². The molecule has 106 valence electrons. The minimum absolute atomic E-state index is 0.337. The summed E-state index contributed by atoms with van der Waals surface area (Å²) < 4.78 is 26.5. The van der Waals surface area contributed by atoms with Crippen LogP contribution in [0.1, 0.15) is 26.2 Å². The maximum atomic E-state index is 12.5. The summed E-state index contributed by atoms with van der Waals surface area (Å²) in [6, 6.07) is 6.54. The van der Waals surface area contributed by atoms with Gasteiger partial charge < -0.3 is 5.43 Å². The van der Waals surface area contributed by atoms with Gasteiger partial charge in [0.05, 0.1) is 4.90 Å². The number of hydrogen-bond donors (Lipinski definition) is 2. The van der Waals surface area contributed by atoms with E-state index in [9.17, 15) is 8.42 Å². The SMILES string of the molecule is CCCC1CCN(S(=O)(=O)c2ccc(NN)cc2)C1. The van der Waals surface area contributed by atoms with Gasteiger partial charge in [0.2, 0.25) is 10.0 Å². The lowest BCUT2D eigenvalue weighted by molar-refractivity contribution is 0.444. The first kappa shape index (κ1) is 14.3. The number of benzene rings is 1. The standard InChI is InChI=1S/C13H21N3O2S/c1-2-3-11-8-9-16(10-11)19(17,18)13-6-4-12(15-14)5-7-13/h4-7,11,15H,2-3,8-10,14H2,1H3. The fraction of sp³-hybridized carbons (Fsp3) is 0.538. The molecule has 1 atom stereocenters. The summed E-state index contributed by atoms with van der Waals surface area (Å²) >= 11 is 0. The molecule has 3 N–H and O–H groups in total. The van der Waals surface area contributed by atoms with Gasteiger partial charge in [-0.15, -0.1) is 0 Å². The zero-order chi connectivity index (χ0) is 13.9. The van der Waals surface area contributed by atoms with Crippen LogP contribution >= 0.6 is 0 Å². The Kier molecular flexibility index (Phi) is 4.44. The predicted octanol–water partition coefficient (Wildman–Crippen LogP) is 1.78. The molecule has 1 saturated heterocycles. The summed E-state index contributed by atoms with van der Waals surface area (Å²) in [5, 5.41) is 0. The topological polar surface area (TPSA) is 75.4 Å². The van der Waals surface area contributed by atoms with Gasteiger partial charge in [-0.2, -0.15) is 4.31 Å². The van der Waals surface area contributed by atoms with Gasteiger partial charge in [0.15, 0.2) is 0 Å². The molecule has 1 aliphatic heterocycles. The van der Waals surface area contributed by atoms with E-state index in [1.54, 1.807) is 28.6 Å². The third-order valence-corrected chi connectivity index (χ3v) is 5.48. The highest BCUT2D eigenvalue weighted by molar-refractivity contribution is 7.89. The van der Waals surface area contributed by atoms with Crippen LogP contribution in [0.15, 0.2) is 29.2 Å². The first-order chi connectivity index (χ1) is 9.07. The average molecular weight is 283 g/mol. The number of sulfonamides is 1. The van der Waals surface area contributed by atoms with Crippen LogP contribution < -0.4 is 11.3 Å². The van der Waals surface area contributed by atoms with E-state index in [1.807, 2.05) is 0 Å². The smallest absolute Gasteiger partial charge is 0.243 e. The zero-order valence-electron chi connectivity index (χ0n) is 11.2. The number of nitrogens with zero attached hydrogens (tertiary/aromatic N) is 1. The molecule has 1 fully saturated rings. The molecule has 1 aromatic rings. The third-order valence-electron chi connectivity index (χ3n) is 3.60. The monoisotopic (exact) mass is 283 g/mol. The lowest BCUT2D eigenvalue weighted by Gasteiger charge is -2.16. The van der Waals surface area contributed by atoms with E-state index >= 15 is 0 Å². The van der Waals surface area contributed by atoms with Gasteiger partial charge in [0, 0.05) is 18.8 Å². The Morgan fingerprint density at radius 3 is 2.63 bits per heavy atom. The predicted molar refractivity (Wildman–Crippen MR) is 76.0 cm³/mol. The Hall–Kier alpha value is -1.11. The van der Waals surface area contributed by atoms with Crippen LogP contribution in [0.25, 0.3) is 0 Å². The Bertz CT molecular complexity index is 513. The molecule has 0 aliphatic carbocycles. The summed E-state index contributed by atoms with van der Waals surface area (Å²) in [6.45, 7) is 3.41. The number of nitrogens with one attached hydrogen (secondary N) is 1. The van der Waals surface area contributed by atoms with Crippen LogP contribution in [0, 0.1) is 5.92 Å². The Morgan fingerprint density at radius 2 is 2.05 bits per heavy atom. The summed E-state index contributed by atoms with van der Waals surface area (Å²) in [4.78, 5) is 0.337. The van der Waals surface area contributed by atoms with Gasteiger partial charge in [-0.3, -0.25) is 5.84 Å². The van der Waals surface area contributed by atoms with Gasteiger partial charge in [0.25, 0.3) is 0 Å². The van der Waals surface area contributed by atoms with E-state index in [2.05, 4.69) is 12.3 Å². The summed E-state index contributed by atoms with van der Waals surface area (Å²) in [7, 11) is -3.35. The quantitative estimate of drug-likeness (QED) is 0.638.